The van der Waals surface area contributed by atoms with Crippen LogP contribution in [-0.4, -0.2) is 13.6 Å². The van der Waals surface area contributed by atoms with Crippen molar-refractivity contribution in [1.29, 1.82) is 5.41 Å². The molecule has 0 amide bonds. The summed E-state index contributed by atoms with van der Waals surface area (Å²) >= 11 is 3.30. The second-order valence-electron chi connectivity index (χ2n) is 0.996. The van der Waals surface area contributed by atoms with Crippen molar-refractivity contribution in [3.63, 3.8) is 0 Å². The Hall–Kier alpha value is -0.270. The van der Waals surface area contributed by atoms with E-state index in [0.29, 0.717) is 0 Å². The lowest BCUT2D eigenvalue weighted by Gasteiger charge is -1.95. The Balaban J connectivity index is 3.95. The number of thiol groups is 1. The SMILES string of the molecule is N=C(S)NS(N)(=O)=O. The molecule has 0 aliphatic carbocycles. The third-order valence-corrected chi connectivity index (χ3v) is 0.991. The van der Waals surface area contributed by atoms with Crippen LogP contribution in [0.15, 0.2) is 0 Å². The van der Waals surface area contributed by atoms with Crippen LogP contribution in [0.1, 0.15) is 0 Å². The lowest BCUT2D eigenvalue weighted by Crippen LogP contribution is -2.32. The lowest BCUT2D eigenvalue weighted by atomic mass is 11.4. The Morgan fingerprint density at radius 3 is 2.12 bits per heavy atom. The molecule has 0 aromatic carbocycles. The number of hydrogen-bond donors (Lipinski definition) is 4. The number of nitrogens with two attached hydrogens (primary N) is 1. The van der Waals surface area contributed by atoms with E-state index in [1.54, 1.807) is 4.72 Å². The summed E-state index contributed by atoms with van der Waals surface area (Å²) in [6.07, 6.45) is 0. The van der Waals surface area contributed by atoms with Crippen molar-refractivity contribution >= 4 is 28.0 Å². The molecule has 0 radical (unpaired) electrons. The van der Waals surface area contributed by atoms with Gasteiger partial charge in [0.1, 0.15) is 0 Å². The van der Waals surface area contributed by atoms with Crippen molar-refractivity contribution in [2.75, 3.05) is 0 Å². The van der Waals surface area contributed by atoms with Gasteiger partial charge >= 0.3 is 0 Å². The Bertz CT molecular complexity index is 181. The minimum Gasteiger partial charge on any atom is -0.278 e. The summed E-state index contributed by atoms with van der Waals surface area (Å²) in [4.78, 5) is 0. The number of amidine groups is 1. The molecule has 0 saturated carbocycles. The first-order valence-corrected chi connectivity index (χ1v) is 3.49. The Labute approximate surface area is 52.4 Å². The van der Waals surface area contributed by atoms with Crippen LogP contribution in [0.2, 0.25) is 0 Å². The highest BCUT2D eigenvalue weighted by atomic mass is 32.2. The van der Waals surface area contributed by atoms with Crippen molar-refractivity contribution in [2.24, 2.45) is 5.14 Å². The topological polar surface area (TPSA) is 96.0 Å². The molecular weight excluding hydrogens is 150 g/mol. The predicted molar refractivity (Wildman–Crippen MR) is 33.0 cm³/mol. The monoisotopic (exact) mass is 155 g/mol. The van der Waals surface area contributed by atoms with Crippen LogP contribution < -0.4 is 9.86 Å². The number of hydrogen-bond acceptors (Lipinski definition) is 3. The molecule has 0 heterocycles. The molecule has 0 bridgehead atoms. The zero-order valence-corrected chi connectivity index (χ0v) is 5.46. The quantitative estimate of drug-likeness (QED) is 0.214. The predicted octanol–water partition coefficient (Wildman–Crippen LogP) is -1.36. The Morgan fingerprint density at radius 1 is 1.75 bits per heavy atom. The first-order valence-electron chi connectivity index (χ1n) is 1.50. The van der Waals surface area contributed by atoms with E-state index in [0.717, 1.165) is 0 Å². The standard InChI is InChI=1S/CH5N3O2S2/c2-1(7)4-8(3,5)6/h(H3,2,4,7)(H2,3,5,6). The van der Waals surface area contributed by atoms with Gasteiger partial charge in [0, 0.05) is 0 Å². The van der Waals surface area contributed by atoms with E-state index < -0.39 is 15.4 Å². The van der Waals surface area contributed by atoms with Crippen molar-refractivity contribution in [1.82, 2.24) is 4.72 Å². The molecule has 5 nitrogen and oxygen atoms in total. The van der Waals surface area contributed by atoms with Gasteiger partial charge in [-0.1, -0.05) is 0 Å². The highest BCUT2D eigenvalue weighted by Gasteiger charge is 1.98. The Morgan fingerprint density at radius 2 is 2.12 bits per heavy atom. The number of nitrogens with one attached hydrogen (secondary N) is 2. The highest BCUT2D eigenvalue weighted by Crippen LogP contribution is 1.73. The van der Waals surface area contributed by atoms with E-state index in [4.69, 9.17) is 5.41 Å². The van der Waals surface area contributed by atoms with Crippen LogP contribution in [0.25, 0.3) is 0 Å². The van der Waals surface area contributed by atoms with E-state index in [9.17, 15) is 8.42 Å². The summed E-state index contributed by atoms with van der Waals surface area (Å²) in [6.45, 7) is 0. The van der Waals surface area contributed by atoms with Gasteiger partial charge in [0.25, 0.3) is 10.2 Å². The average Bonchev–Trinajstić information content (AvgIpc) is 1.21. The fourth-order valence-corrected chi connectivity index (χ4v) is 0.786. The smallest absolute Gasteiger partial charge is 0.278 e. The number of rotatable bonds is 1. The van der Waals surface area contributed by atoms with Crippen molar-refractivity contribution in [2.45, 2.75) is 0 Å². The summed E-state index contributed by atoms with van der Waals surface area (Å²) in [5.74, 6) is 0. The highest BCUT2D eigenvalue weighted by molar-refractivity contribution is 7.99. The van der Waals surface area contributed by atoms with E-state index in [-0.39, 0.29) is 0 Å². The summed E-state index contributed by atoms with van der Waals surface area (Å²) in [6, 6.07) is 0. The third kappa shape index (κ3) is 5.73. The molecule has 0 rings (SSSR count). The van der Waals surface area contributed by atoms with Gasteiger partial charge in [-0.05, 0) is 0 Å². The summed E-state index contributed by atoms with van der Waals surface area (Å²) in [7, 11) is -3.77. The largest absolute Gasteiger partial charge is 0.298 e. The van der Waals surface area contributed by atoms with E-state index in [1.165, 1.54) is 0 Å². The molecule has 0 aromatic rings. The molecule has 4 N–H and O–H groups in total. The van der Waals surface area contributed by atoms with E-state index in [1.807, 2.05) is 0 Å². The van der Waals surface area contributed by atoms with Gasteiger partial charge in [-0.15, -0.1) is 12.6 Å². The molecule has 0 unspecified atom stereocenters. The molecule has 0 fully saturated rings. The molecule has 0 atom stereocenters. The van der Waals surface area contributed by atoms with Gasteiger partial charge in [-0.3, -0.25) is 5.41 Å². The second kappa shape index (κ2) is 2.33. The molecule has 0 aliphatic rings. The normalized spacial score (nSPS) is 10.8. The molecule has 48 valence electrons. The molecule has 8 heavy (non-hydrogen) atoms. The molecule has 0 spiro atoms. The Kier molecular flexibility index (Phi) is 2.26. The maximum atomic E-state index is 9.92. The van der Waals surface area contributed by atoms with Gasteiger partial charge in [0.2, 0.25) is 0 Å². The van der Waals surface area contributed by atoms with Gasteiger partial charge in [-0.25, -0.2) is 9.86 Å². The fraction of sp³-hybridized carbons (Fsp3) is 0. The van der Waals surface area contributed by atoms with Crippen LogP contribution in [0.4, 0.5) is 0 Å². The average molecular weight is 155 g/mol. The molecular formula is CH5N3O2S2. The van der Waals surface area contributed by atoms with Crippen molar-refractivity contribution in [3.05, 3.63) is 0 Å². The van der Waals surface area contributed by atoms with Crippen LogP contribution in [-0.2, 0) is 10.2 Å². The van der Waals surface area contributed by atoms with Gasteiger partial charge < -0.3 is 0 Å². The second-order valence-corrected chi connectivity index (χ2v) is 2.74. The summed E-state index contributed by atoms with van der Waals surface area (Å²) in [5, 5.41) is 10.4. The first kappa shape index (κ1) is 7.73. The molecule has 0 aliphatic heterocycles. The molecule has 0 saturated heterocycles. The maximum absolute atomic E-state index is 9.92. The maximum Gasteiger partial charge on any atom is 0.298 e. The van der Waals surface area contributed by atoms with Gasteiger partial charge in [0.05, 0.1) is 0 Å². The van der Waals surface area contributed by atoms with Gasteiger partial charge in [0.15, 0.2) is 5.17 Å². The van der Waals surface area contributed by atoms with Crippen LogP contribution >= 0.6 is 12.6 Å². The minimum absolute atomic E-state index is 0.493. The minimum atomic E-state index is -3.77. The first-order chi connectivity index (χ1) is 3.42. The zero-order valence-electron chi connectivity index (χ0n) is 3.75. The lowest BCUT2D eigenvalue weighted by molar-refractivity contribution is 0.594. The third-order valence-electron chi connectivity index (χ3n) is 0.239. The van der Waals surface area contributed by atoms with Crippen LogP contribution in [0.3, 0.4) is 0 Å². The van der Waals surface area contributed by atoms with E-state index in [2.05, 4.69) is 17.8 Å². The van der Waals surface area contributed by atoms with Crippen LogP contribution in [0, 0.1) is 5.41 Å². The van der Waals surface area contributed by atoms with E-state index >= 15 is 0 Å². The van der Waals surface area contributed by atoms with Crippen LogP contribution in [0.5, 0.6) is 0 Å². The fourth-order valence-electron chi connectivity index (χ4n) is 0.135. The van der Waals surface area contributed by atoms with Crippen molar-refractivity contribution in [3.8, 4) is 0 Å². The molecule has 7 heteroatoms. The summed E-state index contributed by atoms with van der Waals surface area (Å²) in [5.41, 5.74) is 0. The van der Waals surface area contributed by atoms with Crippen molar-refractivity contribution < 1.29 is 8.42 Å². The molecule has 0 aromatic heterocycles. The van der Waals surface area contributed by atoms with Gasteiger partial charge in [-0.2, -0.15) is 8.42 Å². The summed E-state index contributed by atoms with van der Waals surface area (Å²) < 4.78 is 21.4. The zero-order chi connectivity index (χ0) is 6.78.